The van der Waals surface area contributed by atoms with Crippen molar-refractivity contribution in [2.24, 2.45) is 4.99 Å². The van der Waals surface area contributed by atoms with Crippen molar-refractivity contribution in [3.63, 3.8) is 0 Å². The predicted molar refractivity (Wildman–Crippen MR) is 129 cm³/mol. The minimum atomic E-state index is -0.254. The first kappa shape index (κ1) is 23.9. The Labute approximate surface area is 194 Å². The molecule has 0 N–H and O–H groups in total. The molecule has 0 radical (unpaired) electrons. The predicted octanol–water partition coefficient (Wildman–Crippen LogP) is 5.14. The molecule has 33 heavy (non-hydrogen) atoms. The van der Waals surface area contributed by atoms with E-state index < -0.39 is 0 Å². The molecule has 0 bridgehead atoms. The number of methoxy groups -OCH3 is 3. The van der Waals surface area contributed by atoms with E-state index in [9.17, 15) is 4.79 Å². The maximum atomic E-state index is 13.1. The van der Waals surface area contributed by atoms with Crippen LogP contribution in [0.15, 0.2) is 77.8 Å². The molecule has 0 amide bonds. The van der Waals surface area contributed by atoms with Gasteiger partial charge in [0.05, 0.1) is 27.4 Å². The third-order valence-corrected chi connectivity index (χ3v) is 5.09. The zero-order valence-corrected chi connectivity index (χ0v) is 19.4. The van der Waals surface area contributed by atoms with Gasteiger partial charge in [-0.2, -0.15) is 0 Å². The molecule has 0 aliphatic carbocycles. The highest BCUT2D eigenvalue weighted by atomic mass is 16.5. The van der Waals surface area contributed by atoms with E-state index in [4.69, 9.17) is 18.9 Å². The maximum Gasteiger partial charge on any atom is 0.259 e. The van der Waals surface area contributed by atoms with Crippen LogP contribution in [-0.2, 0) is 17.8 Å². The Bertz CT molecular complexity index is 1080. The lowest BCUT2D eigenvalue weighted by molar-refractivity contribution is 0.102. The van der Waals surface area contributed by atoms with Gasteiger partial charge >= 0.3 is 0 Å². The molecule has 3 aromatic rings. The molecule has 0 fully saturated rings. The number of ether oxygens (including phenoxy) is 4. The molecule has 0 heterocycles. The summed E-state index contributed by atoms with van der Waals surface area (Å²) in [6.07, 6.45) is 0.518. The Morgan fingerprint density at radius 1 is 0.818 bits per heavy atom. The molecule has 0 saturated carbocycles. The molecule has 0 saturated heterocycles. The van der Waals surface area contributed by atoms with Gasteiger partial charge in [0.15, 0.2) is 11.5 Å². The summed E-state index contributed by atoms with van der Waals surface area (Å²) in [4.78, 5) is 17.8. The molecular formula is C27H29NO5. The first-order valence-electron chi connectivity index (χ1n) is 10.7. The van der Waals surface area contributed by atoms with Crippen LogP contribution < -0.4 is 14.2 Å². The summed E-state index contributed by atoms with van der Waals surface area (Å²) in [7, 11) is 4.73. The van der Waals surface area contributed by atoms with Crippen LogP contribution in [0, 0.1) is 0 Å². The average Bonchev–Trinajstić information content (AvgIpc) is 2.86. The summed E-state index contributed by atoms with van der Waals surface area (Å²) < 4.78 is 22.3. The fraction of sp³-hybridized carbons (Fsp3) is 0.259. The zero-order chi connectivity index (χ0) is 23.6. The highest BCUT2D eigenvalue weighted by molar-refractivity contribution is 6.42. The first-order valence-corrected chi connectivity index (χ1v) is 10.7. The van der Waals surface area contributed by atoms with Gasteiger partial charge in [-0.25, -0.2) is 4.99 Å². The number of Topliss-reactive ketones (excluding diaryl/α,β-unsaturated/α-hetero) is 1. The molecule has 6 nitrogen and oxygen atoms in total. The van der Waals surface area contributed by atoms with E-state index in [1.54, 1.807) is 33.5 Å². The Balaban J connectivity index is 1.87. The molecular weight excluding hydrogens is 418 g/mol. The highest BCUT2D eigenvalue weighted by Crippen LogP contribution is 2.40. The first-order chi connectivity index (χ1) is 16.1. The minimum absolute atomic E-state index is 0.0806. The van der Waals surface area contributed by atoms with Crippen LogP contribution in [-0.4, -0.2) is 39.1 Å². The van der Waals surface area contributed by atoms with Gasteiger partial charge in [0.1, 0.15) is 6.61 Å². The van der Waals surface area contributed by atoms with Gasteiger partial charge in [-0.1, -0.05) is 66.7 Å². The smallest absolute Gasteiger partial charge is 0.259 e. The van der Waals surface area contributed by atoms with Crippen molar-refractivity contribution in [1.82, 2.24) is 0 Å². The van der Waals surface area contributed by atoms with E-state index in [1.165, 1.54) is 0 Å². The van der Waals surface area contributed by atoms with E-state index in [1.807, 2.05) is 67.6 Å². The maximum absolute atomic E-state index is 13.1. The van der Waals surface area contributed by atoms with Gasteiger partial charge in [0.25, 0.3) is 5.90 Å². The summed E-state index contributed by atoms with van der Waals surface area (Å²) in [6.45, 7) is 2.19. The molecule has 0 aliphatic rings. The van der Waals surface area contributed by atoms with Gasteiger partial charge in [0.2, 0.25) is 11.5 Å². The fourth-order valence-electron chi connectivity index (χ4n) is 3.49. The van der Waals surface area contributed by atoms with Crippen molar-refractivity contribution >= 4 is 11.7 Å². The Morgan fingerprint density at radius 2 is 1.45 bits per heavy atom. The topological polar surface area (TPSA) is 66.4 Å². The van der Waals surface area contributed by atoms with Crippen LogP contribution in [0.3, 0.4) is 0 Å². The second-order valence-corrected chi connectivity index (χ2v) is 7.45. The van der Waals surface area contributed by atoms with Gasteiger partial charge < -0.3 is 18.9 Å². The Morgan fingerprint density at radius 3 is 2.06 bits per heavy atom. The van der Waals surface area contributed by atoms with Crippen LogP contribution in [0.4, 0.5) is 0 Å². The lowest BCUT2D eigenvalue weighted by Crippen LogP contribution is -2.21. The number of nitrogens with zero attached hydrogens (tertiary/aromatic N) is 1. The molecule has 3 rings (SSSR count). The summed E-state index contributed by atoms with van der Waals surface area (Å²) >= 11 is 0. The summed E-state index contributed by atoms with van der Waals surface area (Å²) in [5.74, 6) is 1.52. The average molecular weight is 448 g/mol. The third-order valence-electron chi connectivity index (χ3n) is 5.09. The number of carbonyl (C=O) groups is 1. The van der Waals surface area contributed by atoms with Crippen LogP contribution in [0.2, 0.25) is 0 Å². The van der Waals surface area contributed by atoms with Crippen LogP contribution >= 0.6 is 0 Å². The summed E-state index contributed by atoms with van der Waals surface area (Å²) in [5, 5.41) is 0. The van der Waals surface area contributed by atoms with E-state index in [0.29, 0.717) is 29.2 Å². The molecule has 0 aliphatic heterocycles. The van der Waals surface area contributed by atoms with Crippen molar-refractivity contribution in [2.45, 2.75) is 26.0 Å². The number of carbonyl (C=O) groups excluding carboxylic acids is 1. The minimum Gasteiger partial charge on any atom is -0.493 e. The normalized spacial score (nSPS) is 12.1. The van der Waals surface area contributed by atoms with E-state index in [2.05, 4.69) is 4.99 Å². The van der Waals surface area contributed by atoms with Gasteiger partial charge in [0, 0.05) is 11.1 Å². The number of rotatable bonds is 10. The molecule has 0 spiro atoms. The summed E-state index contributed by atoms with van der Waals surface area (Å²) in [5.41, 5.74) is 2.38. The lowest BCUT2D eigenvalue weighted by Gasteiger charge is -2.17. The van der Waals surface area contributed by atoms with Crippen molar-refractivity contribution in [3.8, 4) is 17.2 Å². The second kappa shape index (κ2) is 11.7. The number of benzene rings is 3. The van der Waals surface area contributed by atoms with Crippen molar-refractivity contribution < 1.29 is 23.7 Å². The molecule has 1 unspecified atom stereocenters. The van der Waals surface area contributed by atoms with Gasteiger partial charge in [-0.05, 0) is 25.0 Å². The van der Waals surface area contributed by atoms with Crippen LogP contribution in [0.1, 0.15) is 28.4 Å². The second-order valence-electron chi connectivity index (χ2n) is 7.45. The third kappa shape index (κ3) is 6.13. The fourth-order valence-corrected chi connectivity index (χ4v) is 3.49. The standard InChI is InChI=1S/C27H29NO5/c1-19(17-22-15-16-23(30-2)26(32-4)25(22)31-3)28-27(24(29)21-13-9-6-10-14-21)33-18-20-11-7-5-8-12-20/h5-16,19H,17-18H2,1-4H3. The van der Waals surface area contributed by atoms with Crippen molar-refractivity contribution in [3.05, 3.63) is 89.5 Å². The van der Waals surface area contributed by atoms with Gasteiger partial charge in [-0.15, -0.1) is 0 Å². The molecule has 0 aromatic heterocycles. The molecule has 172 valence electrons. The largest absolute Gasteiger partial charge is 0.493 e. The van der Waals surface area contributed by atoms with Crippen LogP contribution in [0.25, 0.3) is 0 Å². The Hall–Kier alpha value is -3.80. The number of hydrogen-bond donors (Lipinski definition) is 0. The SMILES string of the molecule is COc1ccc(CC(C)N=C(OCc2ccccc2)C(=O)c2ccccc2)c(OC)c1OC. The lowest BCUT2D eigenvalue weighted by atomic mass is 10.0. The monoisotopic (exact) mass is 447 g/mol. The molecule has 1 atom stereocenters. The highest BCUT2D eigenvalue weighted by Gasteiger charge is 2.20. The van der Waals surface area contributed by atoms with Gasteiger partial charge in [-0.3, -0.25) is 4.79 Å². The van der Waals surface area contributed by atoms with E-state index >= 15 is 0 Å². The number of aliphatic imine (C=N–C) groups is 1. The van der Waals surface area contributed by atoms with E-state index in [-0.39, 0.29) is 24.3 Å². The quantitative estimate of drug-likeness (QED) is 0.245. The van der Waals surface area contributed by atoms with E-state index in [0.717, 1.165) is 11.1 Å². The molecule has 3 aromatic carbocycles. The van der Waals surface area contributed by atoms with Crippen LogP contribution in [0.5, 0.6) is 17.2 Å². The Kier molecular flexibility index (Phi) is 8.47. The van der Waals surface area contributed by atoms with Crippen molar-refractivity contribution in [1.29, 1.82) is 0 Å². The number of ketones is 1. The summed E-state index contributed by atoms with van der Waals surface area (Å²) in [6, 6.07) is 22.2. The zero-order valence-electron chi connectivity index (χ0n) is 19.4. The van der Waals surface area contributed by atoms with Crippen molar-refractivity contribution in [2.75, 3.05) is 21.3 Å². The number of hydrogen-bond acceptors (Lipinski definition) is 6. The molecule has 6 heteroatoms.